The topological polar surface area (TPSA) is 42.0 Å². The first-order chi connectivity index (χ1) is 10.6. The molecule has 1 heterocycles. The molecule has 1 atom stereocenters. The zero-order chi connectivity index (χ0) is 16.1. The summed E-state index contributed by atoms with van der Waals surface area (Å²) in [6.45, 7) is 7.03. The molecule has 22 heavy (non-hydrogen) atoms. The molecular weight excluding hydrogens is 296 g/mol. The average Bonchev–Trinajstić information content (AvgIpc) is 2.52. The Morgan fingerprint density at radius 2 is 2.18 bits per heavy atom. The number of aromatic nitrogens is 1. The van der Waals surface area contributed by atoms with E-state index in [1.54, 1.807) is 12.3 Å². The predicted octanol–water partition coefficient (Wildman–Crippen LogP) is 4.62. The summed E-state index contributed by atoms with van der Waals surface area (Å²) in [4.78, 5) is 16.9. The summed E-state index contributed by atoms with van der Waals surface area (Å²) in [5.41, 5.74) is 2.33. The van der Waals surface area contributed by atoms with E-state index in [1.807, 2.05) is 12.1 Å². The Kier molecular flexibility index (Phi) is 5.78. The maximum atomic E-state index is 12.5. The first-order valence-electron chi connectivity index (χ1n) is 7.92. The minimum absolute atomic E-state index is 0.101. The highest BCUT2D eigenvalue weighted by Crippen LogP contribution is 2.28. The van der Waals surface area contributed by atoms with Crippen LogP contribution in [0.2, 0.25) is 5.02 Å². The van der Waals surface area contributed by atoms with Gasteiger partial charge in [0.25, 0.3) is 5.91 Å². The van der Waals surface area contributed by atoms with Crippen molar-refractivity contribution in [3.8, 4) is 0 Å². The second kappa shape index (κ2) is 7.59. The highest BCUT2D eigenvalue weighted by atomic mass is 35.5. The molecule has 4 heteroatoms. The molecule has 0 spiro atoms. The van der Waals surface area contributed by atoms with Crippen molar-refractivity contribution in [2.45, 2.75) is 40.0 Å². The predicted molar refractivity (Wildman–Crippen MR) is 92.5 cm³/mol. The third-order valence-corrected chi connectivity index (χ3v) is 4.28. The van der Waals surface area contributed by atoms with Crippen LogP contribution < -0.4 is 5.32 Å². The lowest BCUT2D eigenvalue weighted by Gasteiger charge is -2.14. The largest absolute Gasteiger partial charge is 0.352 e. The van der Waals surface area contributed by atoms with Crippen molar-refractivity contribution in [1.82, 2.24) is 10.3 Å². The van der Waals surface area contributed by atoms with Crippen molar-refractivity contribution in [2.75, 3.05) is 6.54 Å². The lowest BCUT2D eigenvalue weighted by atomic mass is 10.0. The van der Waals surface area contributed by atoms with Crippen LogP contribution in [-0.2, 0) is 6.42 Å². The van der Waals surface area contributed by atoms with E-state index in [2.05, 4.69) is 31.1 Å². The van der Waals surface area contributed by atoms with Gasteiger partial charge in [-0.2, -0.15) is 0 Å². The van der Waals surface area contributed by atoms with Crippen molar-refractivity contribution >= 4 is 28.4 Å². The van der Waals surface area contributed by atoms with Crippen LogP contribution >= 0.6 is 11.6 Å². The maximum absolute atomic E-state index is 12.5. The highest BCUT2D eigenvalue weighted by Gasteiger charge is 2.16. The molecule has 2 rings (SSSR count). The number of aryl methyl sites for hydroxylation is 1. The number of carbonyl (C=O) groups is 1. The zero-order valence-corrected chi connectivity index (χ0v) is 14.2. The van der Waals surface area contributed by atoms with E-state index in [0.29, 0.717) is 23.0 Å². The number of amides is 1. The number of rotatable bonds is 6. The molecule has 118 valence electrons. The minimum Gasteiger partial charge on any atom is -0.352 e. The van der Waals surface area contributed by atoms with E-state index in [4.69, 9.17) is 11.6 Å². The van der Waals surface area contributed by atoms with E-state index < -0.39 is 0 Å². The number of hydrogen-bond donors (Lipinski definition) is 1. The van der Waals surface area contributed by atoms with Gasteiger partial charge in [0.15, 0.2) is 0 Å². The fourth-order valence-electron chi connectivity index (χ4n) is 2.76. The van der Waals surface area contributed by atoms with Gasteiger partial charge >= 0.3 is 0 Å². The van der Waals surface area contributed by atoms with Gasteiger partial charge in [-0.15, -0.1) is 0 Å². The van der Waals surface area contributed by atoms with Gasteiger partial charge in [0.05, 0.1) is 11.1 Å². The SMILES string of the molecule is CCCC(C)CNC(=O)c1cc(Cl)c(CC)c2cccnc12. The third kappa shape index (κ3) is 3.58. The maximum Gasteiger partial charge on any atom is 0.253 e. The molecule has 0 fully saturated rings. The number of nitrogens with zero attached hydrogens (tertiary/aromatic N) is 1. The molecule has 0 bridgehead atoms. The summed E-state index contributed by atoms with van der Waals surface area (Å²) in [6.07, 6.45) is 4.76. The van der Waals surface area contributed by atoms with Gasteiger partial charge in [-0.1, -0.05) is 44.9 Å². The molecule has 3 nitrogen and oxygen atoms in total. The van der Waals surface area contributed by atoms with Crippen molar-refractivity contribution in [3.05, 3.63) is 40.5 Å². The molecule has 0 saturated heterocycles. The van der Waals surface area contributed by atoms with Crippen LogP contribution in [-0.4, -0.2) is 17.4 Å². The Labute approximate surface area is 137 Å². The Morgan fingerprint density at radius 3 is 2.86 bits per heavy atom. The van der Waals surface area contributed by atoms with Crippen LogP contribution in [0.1, 0.15) is 49.5 Å². The lowest BCUT2D eigenvalue weighted by molar-refractivity contribution is 0.0949. The summed E-state index contributed by atoms with van der Waals surface area (Å²) in [5, 5.41) is 4.60. The quantitative estimate of drug-likeness (QED) is 0.844. The number of benzene rings is 1. The van der Waals surface area contributed by atoms with Gasteiger partial charge in [0.1, 0.15) is 0 Å². The van der Waals surface area contributed by atoms with Gasteiger partial charge in [-0.25, -0.2) is 0 Å². The number of nitrogens with one attached hydrogen (secondary N) is 1. The molecular formula is C18H23ClN2O. The van der Waals surface area contributed by atoms with Gasteiger partial charge in [0.2, 0.25) is 0 Å². The van der Waals surface area contributed by atoms with Gasteiger partial charge in [-0.05, 0) is 36.5 Å². The van der Waals surface area contributed by atoms with E-state index in [-0.39, 0.29) is 5.91 Å². The van der Waals surface area contributed by atoms with Crippen molar-refractivity contribution in [1.29, 1.82) is 0 Å². The van der Waals surface area contributed by atoms with E-state index in [1.165, 1.54) is 0 Å². The van der Waals surface area contributed by atoms with Crippen LogP contribution in [0.15, 0.2) is 24.4 Å². The van der Waals surface area contributed by atoms with Crippen LogP contribution in [0.5, 0.6) is 0 Å². The summed E-state index contributed by atoms with van der Waals surface area (Å²) in [7, 11) is 0. The molecule has 1 amide bonds. The van der Waals surface area contributed by atoms with E-state index in [0.717, 1.165) is 35.7 Å². The first-order valence-corrected chi connectivity index (χ1v) is 8.30. The molecule has 1 aromatic heterocycles. The number of carbonyl (C=O) groups excluding carboxylic acids is 1. The highest BCUT2D eigenvalue weighted by molar-refractivity contribution is 6.33. The number of pyridine rings is 1. The molecule has 0 radical (unpaired) electrons. The number of fused-ring (bicyclic) bond motifs is 1. The van der Waals surface area contributed by atoms with Crippen molar-refractivity contribution < 1.29 is 4.79 Å². The Bertz CT molecular complexity index is 669. The second-order valence-electron chi connectivity index (χ2n) is 5.74. The first kappa shape index (κ1) is 16.8. The fraction of sp³-hybridized carbons (Fsp3) is 0.444. The Balaban J connectivity index is 2.33. The van der Waals surface area contributed by atoms with Crippen molar-refractivity contribution in [2.24, 2.45) is 5.92 Å². The smallest absolute Gasteiger partial charge is 0.253 e. The summed E-state index contributed by atoms with van der Waals surface area (Å²) in [6, 6.07) is 5.60. The standard InChI is InChI=1S/C18H23ClN2O/c1-4-7-12(3)11-21-18(22)15-10-16(19)13(5-2)14-8-6-9-20-17(14)15/h6,8-10,12H,4-5,7,11H2,1-3H3,(H,21,22). The van der Waals surface area contributed by atoms with Crippen LogP contribution in [0.3, 0.4) is 0 Å². The number of halogens is 1. The monoisotopic (exact) mass is 318 g/mol. The molecule has 1 unspecified atom stereocenters. The van der Waals surface area contributed by atoms with Crippen LogP contribution in [0.4, 0.5) is 0 Å². The Morgan fingerprint density at radius 1 is 1.41 bits per heavy atom. The van der Waals surface area contributed by atoms with Crippen LogP contribution in [0.25, 0.3) is 10.9 Å². The van der Waals surface area contributed by atoms with Gasteiger partial charge in [0, 0.05) is 23.2 Å². The minimum atomic E-state index is -0.101. The summed E-state index contributed by atoms with van der Waals surface area (Å²) in [5.74, 6) is 0.370. The molecule has 0 aliphatic rings. The number of hydrogen-bond acceptors (Lipinski definition) is 2. The average molecular weight is 319 g/mol. The van der Waals surface area contributed by atoms with Gasteiger partial charge < -0.3 is 5.32 Å². The summed E-state index contributed by atoms with van der Waals surface area (Å²) < 4.78 is 0. The third-order valence-electron chi connectivity index (χ3n) is 3.94. The molecule has 0 aliphatic carbocycles. The summed E-state index contributed by atoms with van der Waals surface area (Å²) >= 11 is 6.36. The Hall–Kier alpha value is -1.61. The van der Waals surface area contributed by atoms with E-state index >= 15 is 0 Å². The van der Waals surface area contributed by atoms with E-state index in [9.17, 15) is 4.79 Å². The van der Waals surface area contributed by atoms with Gasteiger partial charge in [-0.3, -0.25) is 9.78 Å². The molecule has 2 aromatic rings. The van der Waals surface area contributed by atoms with Crippen LogP contribution in [0, 0.1) is 5.92 Å². The van der Waals surface area contributed by atoms with Crippen molar-refractivity contribution in [3.63, 3.8) is 0 Å². The zero-order valence-electron chi connectivity index (χ0n) is 13.4. The molecule has 1 N–H and O–H groups in total. The second-order valence-corrected chi connectivity index (χ2v) is 6.15. The molecule has 1 aromatic carbocycles. The molecule has 0 aliphatic heterocycles. The fourth-order valence-corrected chi connectivity index (χ4v) is 3.11. The lowest BCUT2D eigenvalue weighted by Crippen LogP contribution is -2.28. The normalized spacial score (nSPS) is 12.4. The molecule has 0 saturated carbocycles.